The second-order valence-corrected chi connectivity index (χ2v) is 5.54. The number of allylic oxidation sites excluding steroid dienone is 3. The van der Waals surface area contributed by atoms with E-state index in [-0.39, 0.29) is 5.97 Å². The Morgan fingerprint density at radius 2 is 1.96 bits per heavy atom. The molecule has 0 aliphatic rings. The predicted molar refractivity (Wildman–Crippen MR) is 95.5 cm³/mol. The Labute approximate surface area is 139 Å². The molecule has 0 N–H and O–H groups in total. The number of ether oxygens (including phenoxy) is 2. The van der Waals surface area contributed by atoms with E-state index in [1.165, 1.54) is 18.8 Å². The minimum Gasteiger partial charge on any atom is -0.489 e. The van der Waals surface area contributed by atoms with Gasteiger partial charge in [0.25, 0.3) is 0 Å². The fourth-order valence-corrected chi connectivity index (χ4v) is 1.92. The van der Waals surface area contributed by atoms with E-state index in [0.717, 1.165) is 29.7 Å². The third-order valence-electron chi connectivity index (χ3n) is 3.16. The van der Waals surface area contributed by atoms with Crippen molar-refractivity contribution in [1.29, 1.82) is 0 Å². The van der Waals surface area contributed by atoms with Gasteiger partial charge in [-0.1, -0.05) is 35.9 Å². The molecule has 0 atom stereocenters. The van der Waals surface area contributed by atoms with E-state index in [1.807, 2.05) is 31.2 Å². The monoisotopic (exact) mass is 314 g/mol. The minimum atomic E-state index is -0.379. The van der Waals surface area contributed by atoms with Crippen LogP contribution in [0.2, 0.25) is 0 Å². The Morgan fingerprint density at radius 3 is 2.65 bits per heavy atom. The van der Waals surface area contributed by atoms with E-state index in [1.54, 1.807) is 6.08 Å². The fourth-order valence-electron chi connectivity index (χ4n) is 1.92. The van der Waals surface area contributed by atoms with E-state index in [0.29, 0.717) is 6.61 Å². The van der Waals surface area contributed by atoms with Crippen molar-refractivity contribution in [2.45, 2.75) is 33.6 Å². The van der Waals surface area contributed by atoms with E-state index in [4.69, 9.17) is 4.74 Å². The first-order valence-corrected chi connectivity index (χ1v) is 7.80. The lowest BCUT2D eigenvalue weighted by Gasteiger charge is -2.08. The number of hydrogen-bond acceptors (Lipinski definition) is 3. The summed E-state index contributed by atoms with van der Waals surface area (Å²) in [4.78, 5) is 11.2. The summed E-state index contributed by atoms with van der Waals surface area (Å²) >= 11 is 0. The Balaban J connectivity index is 2.59. The van der Waals surface area contributed by atoms with Crippen LogP contribution < -0.4 is 4.74 Å². The summed E-state index contributed by atoms with van der Waals surface area (Å²) in [5.41, 5.74) is 3.32. The quantitative estimate of drug-likeness (QED) is 0.297. The number of rotatable bonds is 8. The van der Waals surface area contributed by atoms with Crippen LogP contribution in [-0.2, 0) is 9.53 Å². The largest absolute Gasteiger partial charge is 0.489 e. The molecule has 1 aromatic rings. The molecular weight excluding hydrogens is 288 g/mol. The zero-order valence-electron chi connectivity index (χ0n) is 14.5. The van der Waals surface area contributed by atoms with Gasteiger partial charge in [-0.2, -0.15) is 0 Å². The topological polar surface area (TPSA) is 35.5 Å². The molecule has 3 heteroatoms. The van der Waals surface area contributed by atoms with Crippen LogP contribution in [-0.4, -0.2) is 19.7 Å². The molecule has 0 spiro atoms. The molecule has 3 nitrogen and oxygen atoms in total. The summed E-state index contributed by atoms with van der Waals surface area (Å²) in [5, 5.41) is 0. The molecule has 124 valence electrons. The van der Waals surface area contributed by atoms with Crippen molar-refractivity contribution in [2.24, 2.45) is 0 Å². The zero-order chi connectivity index (χ0) is 17.1. The molecule has 1 aromatic carbocycles. The number of benzene rings is 1. The van der Waals surface area contributed by atoms with Crippen LogP contribution in [0.15, 0.2) is 48.1 Å². The minimum absolute atomic E-state index is 0.379. The number of methoxy groups -OCH3 is 1. The first kappa shape index (κ1) is 18.8. The average molecular weight is 314 g/mol. The lowest BCUT2D eigenvalue weighted by atomic mass is 10.1. The highest BCUT2D eigenvalue weighted by atomic mass is 16.5. The molecule has 0 amide bonds. The summed E-state index contributed by atoms with van der Waals surface area (Å²) in [6.07, 6.45) is 11.5. The van der Waals surface area contributed by atoms with Crippen molar-refractivity contribution >= 4 is 12.0 Å². The maximum absolute atomic E-state index is 11.2. The predicted octanol–water partition coefficient (Wildman–Crippen LogP) is 4.86. The third kappa shape index (κ3) is 8.05. The Morgan fingerprint density at radius 1 is 1.17 bits per heavy atom. The molecule has 0 saturated heterocycles. The molecule has 0 unspecified atom stereocenters. The van der Waals surface area contributed by atoms with Gasteiger partial charge in [0.2, 0.25) is 0 Å². The molecule has 1 rings (SSSR count). The zero-order valence-corrected chi connectivity index (χ0v) is 14.5. The molecule has 0 fully saturated rings. The highest BCUT2D eigenvalue weighted by Crippen LogP contribution is 2.22. The number of hydrogen-bond donors (Lipinski definition) is 0. The van der Waals surface area contributed by atoms with Crippen molar-refractivity contribution in [3.63, 3.8) is 0 Å². The molecule has 0 heterocycles. The van der Waals surface area contributed by atoms with Gasteiger partial charge < -0.3 is 9.47 Å². The molecule has 0 bridgehead atoms. The summed E-state index contributed by atoms with van der Waals surface area (Å²) in [6.45, 7) is 6.73. The van der Waals surface area contributed by atoms with Gasteiger partial charge in [0, 0.05) is 11.6 Å². The van der Waals surface area contributed by atoms with Crippen molar-refractivity contribution in [3.8, 4) is 5.75 Å². The summed E-state index contributed by atoms with van der Waals surface area (Å²) in [5.74, 6) is 0.384. The van der Waals surface area contributed by atoms with Crippen LogP contribution in [0.5, 0.6) is 5.75 Å². The third-order valence-corrected chi connectivity index (χ3v) is 3.16. The maximum Gasteiger partial charge on any atom is 0.330 e. The number of esters is 1. The fraction of sp³-hybridized carbons (Fsp3) is 0.350. The van der Waals surface area contributed by atoms with Crippen LogP contribution >= 0.6 is 0 Å². The maximum atomic E-state index is 11.2. The highest BCUT2D eigenvalue weighted by molar-refractivity contribution is 5.87. The SMILES string of the molecule is COC(=O)/C=C/c1ccc(C)cc1OC/C=C/CCC=C(C)C. The summed E-state index contributed by atoms with van der Waals surface area (Å²) in [7, 11) is 1.36. The molecule has 0 radical (unpaired) electrons. The van der Waals surface area contributed by atoms with Crippen LogP contribution in [0, 0.1) is 6.92 Å². The van der Waals surface area contributed by atoms with Gasteiger partial charge in [-0.3, -0.25) is 0 Å². The van der Waals surface area contributed by atoms with Gasteiger partial charge in [-0.05, 0) is 51.3 Å². The van der Waals surface area contributed by atoms with Crippen LogP contribution in [0.3, 0.4) is 0 Å². The van der Waals surface area contributed by atoms with E-state index in [2.05, 4.69) is 30.7 Å². The smallest absolute Gasteiger partial charge is 0.330 e. The number of unbranched alkanes of at least 4 members (excludes halogenated alkanes) is 1. The molecule has 0 aliphatic heterocycles. The normalized spacial score (nSPS) is 11.0. The standard InChI is InChI=1S/C20H26O3/c1-16(2)9-7-5-6-8-14-23-19-15-17(3)10-11-18(19)12-13-20(21)22-4/h6,8-13,15H,5,7,14H2,1-4H3/b8-6+,13-12+. The van der Waals surface area contributed by atoms with Gasteiger partial charge in [0.15, 0.2) is 0 Å². The second-order valence-electron chi connectivity index (χ2n) is 5.54. The second kappa shape index (κ2) is 10.4. The first-order valence-electron chi connectivity index (χ1n) is 7.80. The van der Waals surface area contributed by atoms with Crippen LogP contribution in [0.1, 0.15) is 37.8 Å². The average Bonchev–Trinajstić information content (AvgIpc) is 2.52. The van der Waals surface area contributed by atoms with Crippen LogP contribution in [0.25, 0.3) is 6.08 Å². The number of aryl methyl sites for hydroxylation is 1. The molecular formula is C20H26O3. The molecule has 0 aromatic heterocycles. The lowest BCUT2D eigenvalue weighted by Crippen LogP contribution is -1.97. The van der Waals surface area contributed by atoms with Crippen molar-refractivity contribution < 1.29 is 14.3 Å². The van der Waals surface area contributed by atoms with E-state index in [9.17, 15) is 4.79 Å². The van der Waals surface area contributed by atoms with Crippen molar-refractivity contribution in [2.75, 3.05) is 13.7 Å². The van der Waals surface area contributed by atoms with E-state index >= 15 is 0 Å². The molecule has 23 heavy (non-hydrogen) atoms. The Bertz CT molecular complexity index is 591. The van der Waals surface area contributed by atoms with Gasteiger partial charge in [0.1, 0.15) is 12.4 Å². The van der Waals surface area contributed by atoms with E-state index < -0.39 is 0 Å². The number of carbonyl (C=O) groups is 1. The Kier molecular flexibility index (Phi) is 8.51. The van der Waals surface area contributed by atoms with Gasteiger partial charge >= 0.3 is 5.97 Å². The Hall–Kier alpha value is -2.29. The van der Waals surface area contributed by atoms with Gasteiger partial charge in [0.05, 0.1) is 7.11 Å². The first-order chi connectivity index (χ1) is 11.0. The summed E-state index contributed by atoms with van der Waals surface area (Å²) in [6, 6.07) is 5.88. The summed E-state index contributed by atoms with van der Waals surface area (Å²) < 4.78 is 10.4. The number of carbonyl (C=O) groups excluding carboxylic acids is 1. The van der Waals surface area contributed by atoms with Crippen molar-refractivity contribution in [1.82, 2.24) is 0 Å². The van der Waals surface area contributed by atoms with Gasteiger partial charge in [-0.25, -0.2) is 4.79 Å². The molecule has 0 aliphatic carbocycles. The molecule has 0 saturated carbocycles. The van der Waals surface area contributed by atoms with Crippen LogP contribution in [0.4, 0.5) is 0 Å². The lowest BCUT2D eigenvalue weighted by molar-refractivity contribution is -0.134. The van der Waals surface area contributed by atoms with Gasteiger partial charge in [-0.15, -0.1) is 0 Å². The highest BCUT2D eigenvalue weighted by Gasteiger charge is 2.02. The van der Waals surface area contributed by atoms with Crippen molar-refractivity contribution in [3.05, 3.63) is 59.2 Å².